The molecule has 2 N–H and O–H groups in total. The van der Waals surface area contributed by atoms with Crippen LogP contribution in [0.25, 0.3) is 16.0 Å². The van der Waals surface area contributed by atoms with E-state index in [-0.39, 0.29) is 6.10 Å². The number of primary amides is 1. The molecule has 1 atom stereocenters. The van der Waals surface area contributed by atoms with Gasteiger partial charge in [-0.3, -0.25) is 9.36 Å². The molecule has 1 saturated heterocycles. The van der Waals surface area contributed by atoms with Crippen LogP contribution in [0.15, 0.2) is 54.9 Å². The lowest BCUT2D eigenvalue weighted by atomic mass is 9.98. The number of hydrogen-bond acceptors (Lipinski definition) is 6. The number of carbonyl (C=O) groups excluding carboxylic acids is 1. The van der Waals surface area contributed by atoms with Crippen molar-refractivity contribution in [3.05, 3.63) is 70.3 Å². The molecule has 1 amide bonds. The van der Waals surface area contributed by atoms with Gasteiger partial charge in [-0.1, -0.05) is 29.8 Å². The molecule has 2 aromatic carbocycles. The Hall–Kier alpha value is -3.07. The number of likely N-dealkylation sites (tertiary alicyclic amines) is 1. The average Bonchev–Trinajstić information content (AvgIpc) is 3.47. The molecule has 188 valence electrons. The van der Waals surface area contributed by atoms with E-state index >= 15 is 0 Å². The molecule has 5 rings (SSSR count). The van der Waals surface area contributed by atoms with Crippen molar-refractivity contribution < 1.29 is 14.3 Å². The molecule has 9 heteroatoms. The number of benzene rings is 2. The van der Waals surface area contributed by atoms with Gasteiger partial charge in [0.15, 0.2) is 0 Å². The zero-order chi connectivity index (χ0) is 25.2. The molecule has 36 heavy (non-hydrogen) atoms. The third kappa shape index (κ3) is 5.21. The smallest absolute Gasteiger partial charge is 0.262 e. The molecule has 3 heterocycles. The summed E-state index contributed by atoms with van der Waals surface area (Å²) >= 11 is 7.61. The Bertz CT molecular complexity index is 1380. The third-order valence-corrected chi connectivity index (χ3v) is 8.11. The minimum Gasteiger partial charge on any atom is -0.493 e. The van der Waals surface area contributed by atoms with Gasteiger partial charge in [-0.15, -0.1) is 11.3 Å². The fourth-order valence-electron chi connectivity index (χ4n) is 4.49. The summed E-state index contributed by atoms with van der Waals surface area (Å²) in [5.74, 6) is 1.25. The molecule has 0 radical (unpaired) electrons. The summed E-state index contributed by atoms with van der Waals surface area (Å²) in [4.78, 5) is 19.5. The number of thiophene rings is 1. The molecule has 7 nitrogen and oxygen atoms in total. The topological polar surface area (TPSA) is 82.6 Å². The van der Waals surface area contributed by atoms with E-state index in [1.54, 1.807) is 6.33 Å². The summed E-state index contributed by atoms with van der Waals surface area (Å²) in [5.41, 5.74) is 8.26. The number of rotatable bonds is 8. The Morgan fingerprint density at radius 3 is 2.75 bits per heavy atom. The minimum absolute atomic E-state index is 0.348. The van der Waals surface area contributed by atoms with Gasteiger partial charge in [-0.05, 0) is 64.0 Å². The Balaban J connectivity index is 1.39. The van der Waals surface area contributed by atoms with E-state index in [4.69, 9.17) is 26.8 Å². The van der Waals surface area contributed by atoms with E-state index in [1.165, 1.54) is 11.3 Å². The predicted molar refractivity (Wildman–Crippen MR) is 144 cm³/mol. The summed E-state index contributed by atoms with van der Waals surface area (Å²) in [6.45, 7) is 4.82. The molecular formula is C27H29ClN4O3S. The SMILES string of the molecule is C[C@H](Oc1cc(-n2cnc3ccc(OCC4CCN(C)CC4)cc32)sc1C(N)=O)c1ccccc1Cl. The second kappa shape index (κ2) is 10.5. The highest BCUT2D eigenvalue weighted by molar-refractivity contribution is 7.16. The number of piperidine rings is 1. The first kappa shape index (κ1) is 24.6. The highest BCUT2D eigenvalue weighted by Gasteiger charge is 2.21. The predicted octanol–water partition coefficient (Wildman–Crippen LogP) is 5.70. The molecular weight excluding hydrogens is 496 g/mol. The van der Waals surface area contributed by atoms with E-state index in [0.29, 0.717) is 28.2 Å². The van der Waals surface area contributed by atoms with Crippen LogP contribution in [-0.2, 0) is 0 Å². The van der Waals surface area contributed by atoms with Crippen LogP contribution >= 0.6 is 22.9 Å². The van der Waals surface area contributed by atoms with Crippen LogP contribution in [0.4, 0.5) is 0 Å². The number of imidazole rings is 1. The van der Waals surface area contributed by atoms with Gasteiger partial charge >= 0.3 is 0 Å². The molecule has 0 aliphatic carbocycles. The lowest BCUT2D eigenvalue weighted by Crippen LogP contribution is -2.32. The lowest BCUT2D eigenvalue weighted by Gasteiger charge is -2.28. The first-order chi connectivity index (χ1) is 17.4. The standard InChI is InChI=1S/C27H29ClN4O3S/c1-17(20-5-3-4-6-21(20)28)35-24-14-25(36-26(24)27(29)33)32-16-30-22-8-7-19(13-23(22)32)34-15-18-9-11-31(2)12-10-18/h3-8,13-14,16-18H,9-12,15H2,1-2H3,(H2,29,33)/t17-/m0/s1. The summed E-state index contributed by atoms with van der Waals surface area (Å²) in [5, 5.41) is 1.38. The van der Waals surface area contributed by atoms with Crippen molar-refractivity contribution in [1.29, 1.82) is 0 Å². The van der Waals surface area contributed by atoms with E-state index in [2.05, 4.69) is 16.9 Å². The zero-order valence-corrected chi connectivity index (χ0v) is 21.9. The number of fused-ring (bicyclic) bond motifs is 1. The number of carbonyl (C=O) groups is 1. The Kier molecular flexibility index (Phi) is 7.18. The molecule has 4 aromatic rings. The van der Waals surface area contributed by atoms with Crippen LogP contribution < -0.4 is 15.2 Å². The van der Waals surface area contributed by atoms with Crippen molar-refractivity contribution >= 4 is 39.9 Å². The van der Waals surface area contributed by atoms with Crippen molar-refractivity contribution in [3.8, 4) is 16.5 Å². The molecule has 1 aliphatic rings. The molecule has 1 aliphatic heterocycles. The van der Waals surface area contributed by atoms with Gasteiger partial charge < -0.3 is 20.1 Å². The molecule has 2 aromatic heterocycles. The fourth-order valence-corrected chi connectivity index (χ4v) is 5.71. The molecule has 0 saturated carbocycles. The monoisotopic (exact) mass is 524 g/mol. The quantitative estimate of drug-likeness (QED) is 0.319. The maximum Gasteiger partial charge on any atom is 0.262 e. The van der Waals surface area contributed by atoms with Crippen LogP contribution in [0, 0.1) is 5.92 Å². The number of nitrogens with zero attached hydrogens (tertiary/aromatic N) is 3. The van der Waals surface area contributed by atoms with Crippen LogP contribution in [-0.4, -0.2) is 47.1 Å². The van der Waals surface area contributed by atoms with Crippen molar-refractivity contribution in [1.82, 2.24) is 14.5 Å². The van der Waals surface area contributed by atoms with E-state index in [0.717, 1.165) is 53.3 Å². The van der Waals surface area contributed by atoms with Crippen LogP contribution in [0.3, 0.4) is 0 Å². The zero-order valence-electron chi connectivity index (χ0n) is 20.3. The maximum absolute atomic E-state index is 12.2. The first-order valence-electron chi connectivity index (χ1n) is 12.0. The summed E-state index contributed by atoms with van der Waals surface area (Å²) < 4.78 is 14.3. The van der Waals surface area contributed by atoms with Gasteiger partial charge in [0.1, 0.15) is 33.8 Å². The number of aromatic nitrogens is 2. The fraction of sp³-hybridized carbons (Fsp3) is 0.333. The van der Waals surface area contributed by atoms with E-state index in [1.807, 2.05) is 60.0 Å². The molecule has 0 spiro atoms. The van der Waals surface area contributed by atoms with Gasteiger partial charge in [0.05, 0.1) is 17.6 Å². The third-order valence-electron chi connectivity index (χ3n) is 6.64. The average molecular weight is 525 g/mol. The van der Waals surface area contributed by atoms with Crippen LogP contribution in [0.2, 0.25) is 5.02 Å². The van der Waals surface area contributed by atoms with E-state index < -0.39 is 5.91 Å². The summed E-state index contributed by atoms with van der Waals surface area (Å²) in [6.07, 6.45) is 3.68. The molecule has 1 fully saturated rings. The van der Waals surface area contributed by atoms with Gasteiger partial charge in [0.25, 0.3) is 5.91 Å². The largest absolute Gasteiger partial charge is 0.493 e. The maximum atomic E-state index is 12.2. The highest BCUT2D eigenvalue weighted by Crippen LogP contribution is 2.37. The Labute approximate surface area is 219 Å². The van der Waals surface area contributed by atoms with E-state index in [9.17, 15) is 4.79 Å². The van der Waals surface area contributed by atoms with Crippen LogP contribution in [0.1, 0.15) is 41.1 Å². The second-order valence-electron chi connectivity index (χ2n) is 9.25. The number of hydrogen-bond donors (Lipinski definition) is 1. The lowest BCUT2D eigenvalue weighted by molar-refractivity contribution is 0.0998. The van der Waals surface area contributed by atoms with Gasteiger partial charge in [0.2, 0.25) is 0 Å². The molecule has 0 unspecified atom stereocenters. The Morgan fingerprint density at radius 1 is 1.22 bits per heavy atom. The normalized spacial score (nSPS) is 15.8. The number of ether oxygens (including phenoxy) is 2. The first-order valence-corrected chi connectivity index (χ1v) is 13.2. The van der Waals surface area contributed by atoms with Crippen molar-refractivity contribution in [2.45, 2.75) is 25.9 Å². The Morgan fingerprint density at radius 2 is 2.00 bits per heavy atom. The highest BCUT2D eigenvalue weighted by atomic mass is 35.5. The number of halogens is 1. The number of nitrogens with two attached hydrogens (primary N) is 1. The van der Waals surface area contributed by atoms with Crippen molar-refractivity contribution in [3.63, 3.8) is 0 Å². The van der Waals surface area contributed by atoms with Crippen molar-refractivity contribution in [2.75, 3.05) is 26.7 Å². The summed E-state index contributed by atoms with van der Waals surface area (Å²) in [7, 11) is 2.16. The second-order valence-corrected chi connectivity index (χ2v) is 10.7. The van der Waals surface area contributed by atoms with Gasteiger partial charge in [-0.2, -0.15) is 0 Å². The van der Waals surface area contributed by atoms with Crippen LogP contribution in [0.5, 0.6) is 11.5 Å². The minimum atomic E-state index is -0.542. The summed E-state index contributed by atoms with van der Waals surface area (Å²) in [6, 6.07) is 15.2. The van der Waals surface area contributed by atoms with Crippen molar-refractivity contribution in [2.24, 2.45) is 11.7 Å². The number of amides is 1. The van der Waals surface area contributed by atoms with Gasteiger partial charge in [-0.25, -0.2) is 4.98 Å². The molecule has 0 bridgehead atoms. The van der Waals surface area contributed by atoms with Gasteiger partial charge in [0, 0.05) is 22.7 Å².